The fourth-order valence-corrected chi connectivity index (χ4v) is 3.54. The molecule has 2 heterocycles. The second kappa shape index (κ2) is 9.17. The van der Waals surface area contributed by atoms with Crippen molar-refractivity contribution in [2.75, 3.05) is 0 Å². The van der Waals surface area contributed by atoms with Crippen LogP contribution in [-0.4, -0.2) is 20.2 Å². The van der Waals surface area contributed by atoms with Crippen LogP contribution in [0.25, 0.3) is 44.2 Å². The summed E-state index contributed by atoms with van der Waals surface area (Å²) in [5, 5.41) is 22.4. The summed E-state index contributed by atoms with van der Waals surface area (Å²) in [6.07, 6.45) is 1.74. The van der Waals surface area contributed by atoms with Gasteiger partial charge in [-0.1, -0.05) is 54.6 Å². The Morgan fingerprint density at radius 1 is 0.656 bits per heavy atom. The smallest absolute Gasteiger partial charge is 0.231 e. The summed E-state index contributed by atoms with van der Waals surface area (Å²) >= 11 is 0. The summed E-state index contributed by atoms with van der Waals surface area (Å²) in [7, 11) is 0. The third-order valence-electron chi connectivity index (χ3n) is 5.02. The fraction of sp³-hybridized carbons (Fsp3) is 0. The van der Waals surface area contributed by atoms with Gasteiger partial charge < -0.3 is 14.6 Å². The number of hydrogen-bond acceptors (Lipinski definition) is 5. The molecule has 0 spiro atoms. The molecule has 0 aliphatic rings. The first-order valence-electron chi connectivity index (χ1n) is 9.80. The third kappa shape index (κ3) is 4.05. The molecule has 6 heteroatoms. The number of rotatable bonds is 1. The Hall–Kier alpha value is -3.76. The quantitative estimate of drug-likeness (QED) is 0.217. The van der Waals surface area contributed by atoms with E-state index in [1.54, 1.807) is 30.5 Å². The molecular formula is C26H18N2O3Zn. The van der Waals surface area contributed by atoms with Crippen molar-refractivity contribution in [3.05, 3.63) is 97.2 Å². The Kier molecular flexibility index (Phi) is 6.15. The van der Waals surface area contributed by atoms with Crippen molar-refractivity contribution in [2.45, 2.75) is 0 Å². The van der Waals surface area contributed by atoms with E-state index in [1.807, 2.05) is 66.7 Å². The molecule has 4 aromatic carbocycles. The number of pyridine rings is 1. The number of oxazole rings is 1. The molecule has 0 aliphatic carbocycles. The average Bonchev–Trinajstić information content (AvgIpc) is 3.24. The minimum atomic E-state index is 0. The summed E-state index contributed by atoms with van der Waals surface area (Å²) in [5.41, 5.74) is 2.98. The molecule has 0 radical (unpaired) electrons. The Morgan fingerprint density at radius 3 is 2.22 bits per heavy atom. The molecule has 0 amide bonds. The molecule has 0 saturated carbocycles. The van der Waals surface area contributed by atoms with E-state index in [-0.39, 0.29) is 31.0 Å². The molecular weight excluding hydrogens is 454 g/mol. The number of fused-ring (bicyclic) bond motifs is 4. The van der Waals surface area contributed by atoms with Crippen LogP contribution in [0.3, 0.4) is 0 Å². The monoisotopic (exact) mass is 470 g/mol. The minimum absolute atomic E-state index is 0. The molecule has 0 aliphatic heterocycles. The van der Waals surface area contributed by atoms with Gasteiger partial charge in [0.25, 0.3) is 0 Å². The first-order valence-corrected chi connectivity index (χ1v) is 9.80. The normalized spacial score (nSPS) is 10.5. The Bertz CT molecular complexity index is 1500. The number of aromatic hydroxyl groups is 2. The fourth-order valence-electron chi connectivity index (χ4n) is 3.54. The first kappa shape index (κ1) is 21.5. The van der Waals surface area contributed by atoms with Crippen LogP contribution in [0.5, 0.6) is 11.5 Å². The van der Waals surface area contributed by atoms with Crippen molar-refractivity contribution >= 4 is 32.8 Å². The van der Waals surface area contributed by atoms with Crippen LogP contribution in [0.4, 0.5) is 0 Å². The van der Waals surface area contributed by atoms with Crippen molar-refractivity contribution in [1.82, 2.24) is 9.97 Å². The number of para-hydroxylation sites is 3. The summed E-state index contributed by atoms with van der Waals surface area (Å²) in [5.74, 6) is 0.908. The Balaban J connectivity index is 0.000000149. The summed E-state index contributed by atoms with van der Waals surface area (Å²) in [6.45, 7) is 0. The largest absolute Gasteiger partial charge is 0.507 e. The summed E-state index contributed by atoms with van der Waals surface area (Å²) in [6, 6.07) is 27.9. The van der Waals surface area contributed by atoms with Crippen LogP contribution >= 0.6 is 0 Å². The number of aromatic nitrogens is 2. The van der Waals surface area contributed by atoms with Crippen LogP contribution in [-0.2, 0) is 19.5 Å². The van der Waals surface area contributed by atoms with Crippen molar-refractivity contribution in [3.63, 3.8) is 0 Å². The van der Waals surface area contributed by atoms with Crippen molar-refractivity contribution < 1.29 is 34.1 Å². The topological polar surface area (TPSA) is 79.4 Å². The van der Waals surface area contributed by atoms with E-state index in [2.05, 4.69) is 9.97 Å². The van der Waals surface area contributed by atoms with E-state index in [9.17, 15) is 10.2 Å². The van der Waals surface area contributed by atoms with Crippen LogP contribution in [0, 0.1) is 0 Å². The van der Waals surface area contributed by atoms with E-state index in [4.69, 9.17) is 4.42 Å². The van der Waals surface area contributed by atoms with E-state index in [0.717, 1.165) is 32.8 Å². The van der Waals surface area contributed by atoms with Crippen LogP contribution in [0.15, 0.2) is 102 Å². The molecule has 32 heavy (non-hydrogen) atoms. The maximum absolute atomic E-state index is 9.83. The molecule has 0 saturated heterocycles. The molecule has 6 rings (SSSR count). The SMILES string of the molecule is Oc1cccc2ccc3cccnc3c12.Oc1ccccc1-c1nc2ccccc2o1.[Zn]. The minimum Gasteiger partial charge on any atom is -0.507 e. The number of phenols is 2. The van der Waals surface area contributed by atoms with Crippen molar-refractivity contribution in [1.29, 1.82) is 0 Å². The zero-order valence-corrected chi connectivity index (χ0v) is 20.1. The number of hydrogen-bond donors (Lipinski definition) is 2. The van der Waals surface area contributed by atoms with Gasteiger partial charge in [0, 0.05) is 36.4 Å². The van der Waals surface area contributed by atoms with E-state index >= 15 is 0 Å². The van der Waals surface area contributed by atoms with Gasteiger partial charge in [-0.3, -0.25) is 4.98 Å². The van der Waals surface area contributed by atoms with Gasteiger partial charge in [-0.25, -0.2) is 4.98 Å². The second-order valence-corrected chi connectivity index (χ2v) is 7.02. The van der Waals surface area contributed by atoms with Crippen LogP contribution < -0.4 is 0 Å². The molecule has 0 unspecified atom stereocenters. The van der Waals surface area contributed by atoms with Crippen molar-refractivity contribution in [3.8, 4) is 23.0 Å². The van der Waals surface area contributed by atoms with Gasteiger partial charge in [0.1, 0.15) is 17.0 Å². The zero-order chi connectivity index (χ0) is 21.2. The average molecular weight is 472 g/mol. The molecule has 5 nitrogen and oxygen atoms in total. The van der Waals surface area contributed by atoms with E-state index < -0.39 is 0 Å². The van der Waals surface area contributed by atoms with Gasteiger partial charge in [-0.15, -0.1) is 0 Å². The van der Waals surface area contributed by atoms with Gasteiger partial charge in [0.2, 0.25) is 5.89 Å². The molecule has 152 valence electrons. The number of nitrogens with zero attached hydrogens (tertiary/aromatic N) is 2. The zero-order valence-electron chi connectivity index (χ0n) is 17.1. The van der Waals surface area contributed by atoms with Gasteiger partial charge in [0.05, 0.1) is 11.1 Å². The molecule has 0 atom stereocenters. The predicted molar refractivity (Wildman–Crippen MR) is 122 cm³/mol. The van der Waals surface area contributed by atoms with Gasteiger partial charge >= 0.3 is 0 Å². The second-order valence-electron chi connectivity index (χ2n) is 7.02. The maximum Gasteiger partial charge on any atom is 0.231 e. The van der Waals surface area contributed by atoms with Gasteiger partial charge in [-0.05, 0) is 41.8 Å². The van der Waals surface area contributed by atoms with Crippen molar-refractivity contribution in [2.24, 2.45) is 0 Å². The molecule has 2 N–H and O–H groups in total. The van der Waals surface area contributed by atoms with Gasteiger partial charge in [0.15, 0.2) is 5.58 Å². The standard InChI is InChI=1S/C13H9NO2.C13H9NO.Zn/c15-11-7-3-1-5-9(11)13-14-10-6-2-4-8-12(10)16-13;15-11-5-1-3-9-6-7-10-4-2-8-14-13(10)12(9)11;/h1-8,15H;1-8,15H;. The van der Waals surface area contributed by atoms with E-state index in [0.29, 0.717) is 11.5 Å². The number of phenolic OH excluding ortho intramolecular Hbond substituents is 2. The third-order valence-corrected chi connectivity index (χ3v) is 5.02. The van der Waals surface area contributed by atoms with E-state index in [1.165, 1.54) is 0 Å². The molecule has 2 aromatic heterocycles. The summed E-state index contributed by atoms with van der Waals surface area (Å²) < 4.78 is 5.56. The molecule has 6 aromatic rings. The molecule has 0 fully saturated rings. The summed E-state index contributed by atoms with van der Waals surface area (Å²) in [4.78, 5) is 8.63. The van der Waals surface area contributed by atoms with Gasteiger partial charge in [-0.2, -0.15) is 0 Å². The molecule has 0 bridgehead atoms. The first-order chi connectivity index (χ1) is 15.2. The maximum atomic E-state index is 9.83. The van der Waals surface area contributed by atoms with Crippen LogP contribution in [0.1, 0.15) is 0 Å². The Labute approximate surface area is 196 Å². The van der Waals surface area contributed by atoms with Crippen LogP contribution in [0.2, 0.25) is 0 Å². The number of benzene rings is 4. The Morgan fingerprint density at radius 2 is 1.38 bits per heavy atom. The predicted octanol–water partition coefficient (Wildman–Crippen LogP) is 6.29.